The number of carbonyl (C=O) groups excluding carboxylic acids is 2. The van der Waals surface area contributed by atoms with Crippen LogP contribution in [0, 0.1) is 0 Å². The summed E-state index contributed by atoms with van der Waals surface area (Å²) >= 11 is 0. The Morgan fingerprint density at radius 1 is 1.20 bits per heavy atom. The van der Waals surface area contributed by atoms with Crippen molar-refractivity contribution in [2.75, 3.05) is 18.4 Å². The molecule has 2 amide bonds. The van der Waals surface area contributed by atoms with E-state index in [0.29, 0.717) is 12.3 Å². The Morgan fingerprint density at radius 3 is 2.40 bits per heavy atom. The number of rotatable bonds is 7. The Morgan fingerprint density at radius 2 is 1.85 bits per heavy atom. The molecule has 1 aromatic carbocycles. The minimum Gasteiger partial charge on any atom is -0.374 e. The van der Waals surface area contributed by atoms with Crippen molar-refractivity contribution in [2.45, 2.75) is 26.6 Å². The van der Waals surface area contributed by atoms with Crippen molar-refractivity contribution >= 4 is 17.5 Å². The predicted molar refractivity (Wildman–Crippen MR) is 77.1 cm³/mol. The molecule has 0 aromatic heterocycles. The van der Waals surface area contributed by atoms with Crippen molar-refractivity contribution in [3.63, 3.8) is 0 Å². The van der Waals surface area contributed by atoms with Crippen LogP contribution in [-0.4, -0.2) is 31.0 Å². The summed E-state index contributed by atoms with van der Waals surface area (Å²) in [6, 6.07) is 7.36. The first-order valence-electron chi connectivity index (χ1n) is 6.48. The lowest BCUT2D eigenvalue weighted by Crippen LogP contribution is -2.36. The van der Waals surface area contributed by atoms with Crippen LogP contribution in [0.15, 0.2) is 24.3 Å². The molecule has 0 aliphatic carbocycles. The van der Waals surface area contributed by atoms with Crippen molar-refractivity contribution < 1.29 is 14.3 Å². The van der Waals surface area contributed by atoms with E-state index in [9.17, 15) is 9.59 Å². The molecule has 1 rings (SSSR count). The Hall–Kier alpha value is -1.92. The molecule has 0 bridgehead atoms. The van der Waals surface area contributed by atoms with Crippen molar-refractivity contribution in [2.24, 2.45) is 5.73 Å². The average Bonchev–Trinajstić information content (AvgIpc) is 2.44. The molecular weight excluding hydrogens is 258 g/mol. The third kappa shape index (κ3) is 6.31. The molecule has 0 saturated heterocycles. The maximum absolute atomic E-state index is 11.5. The first-order valence-corrected chi connectivity index (χ1v) is 6.48. The van der Waals surface area contributed by atoms with Gasteiger partial charge in [-0.15, -0.1) is 0 Å². The Balaban J connectivity index is 2.40. The van der Waals surface area contributed by atoms with Gasteiger partial charge in [0.25, 0.3) is 0 Å². The van der Waals surface area contributed by atoms with Gasteiger partial charge in [0.05, 0.1) is 25.8 Å². The van der Waals surface area contributed by atoms with Crippen molar-refractivity contribution in [1.29, 1.82) is 0 Å². The third-order valence-electron chi connectivity index (χ3n) is 2.45. The van der Waals surface area contributed by atoms with Gasteiger partial charge in [-0.25, -0.2) is 0 Å². The summed E-state index contributed by atoms with van der Waals surface area (Å²) in [5.74, 6) is -0.653. The number of ether oxygens (including phenoxy) is 1. The van der Waals surface area contributed by atoms with Gasteiger partial charge in [0.15, 0.2) is 0 Å². The van der Waals surface area contributed by atoms with E-state index in [1.165, 1.54) is 0 Å². The number of nitrogens with one attached hydrogen (secondary N) is 2. The topological polar surface area (TPSA) is 93.5 Å². The highest BCUT2D eigenvalue weighted by Gasteiger charge is 2.04. The second-order valence-electron chi connectivity index (χ2n) is 4.59. The third-order valence-corrected chi connectivity index (χ3v) is 2.45. The monoisotopic (exact) mass is 279 g/mol. The normalized spacial score (nSPS) is 10.4. The summed E-state index contributed by atoms with van der Waals surface area (Å²) < 4.78 is 5.48. The molecule has 0 radical (unpaired) electrons. The van der Waals surface area contributed by atoms with Crippen LogP contribution < -0.4 is 16.4 Å². The second-order valence-corrected chi connectivity index (χ2v) is 4.59. The Kier molecular flexibility index (Phi) is 6.69. The van der Waals surface area contributed by atoms with Crippen molar-refractivity contribution in [3.05, 3.63) is 29.8 Å². The maximum atomic E-state index is 11.5. The average molecular weight is 279 g/mol. The smallest absolute Gasteiger partial charge is 0.243 e. The summed E-state index contributed by atoms with van der Waals surface area (Å²) in [6.45, 7) is 4.28. The quantitative estimate of drug-likeness (QED) is 0.682. The van der Waals surface area contributed by atoms with E-state index in [-0.39, 0.29) is 31.0 Å². The molecule has 0 heterocycles. The van der Waals surface area contributed by atoms with Gasteiger partial charge in [0.1, 0.15) is 0 Å². The molecule has 20 heavy (non-hydrogen) atoms. The summed E-state index contributed by atoms with van der Waals surface area (Å²) in [5, 5.41) is 5.08. The van der Waals surface area contributed by atoms with Gasteiger partial charge in [0, 0.05) is 5.69 Å². The highest BCUT2D eigenvalue weighted by atomic mass is 16.5. The molecule has 0 aliphatic heterocycles. The first-order chi connectivity index (χ1) is 9.51. The van der Waals surface area contributed by atoms with E-state index < -0.39 is 0 Å². The second kappa shape index (κ2) is 8.29. The van der Waals surface area contributed by atoms with E-state index in [1.807, 2.05) is 26.0 Å². The highest BCUT2D eigenvalue weighted by Crippen LogP contribution is 2.10. The molecule has 110 valence electrons. The fraction of sp³-hybridized carbons (Fsp3) is 0.429. The Bertz CT molecular complexity index is 443. The number of carbonyl (C=O) groups is 2. The van der Waals surface area contributed by atoms with E-state index in [4.69, 9.17) is 10.5 Å². The molecule has 4 N–H and O–H groups in total. The number of hydrogen-bond acceptors (Lipinski definition) is 4. The van der Waals surface area contributed by atoms with Gasteiger partial charge in [-0.3, -0.25) is 9.59 Å². The molecule has 0 fully saturated rings. The van der Waals surface area contributed by atoms with Gasteiger partial charge in [-0.1, -0.05) is 12.1 Å². The minimum atomic E-state index is -0.360. The summed E-state index contributed by atoms with van der Waals surface area (Å²) in [6.07, 6.45) is 0.181. The molecular formula is C14H21N3O3. The van der Waals surface area contributed by atoms with Crippen LogP contribution in [0.25, 0.3) is 0 Å². The lowest BCUT2D eigenvalue weighted by Gasteiger charge is -2.09. The molecule has 6 heteroatoms. The molecule has 0 saturated carbocycles. The van der Waals surface area contributed by atoms with Crippen LogP contribution in [0.1, 0.15) is 19.4 Å². The van der Waals surface area contributed by atoms with Gasteiger partial charge in [-0.2, -0.15) is 0 Å². The fourth-order valence-electron chi connectivity index (χ4n) is 1.40. The number of anilines is 1. The van der Waals surface area contributed by atoms with Crippen LogP contribution >= 0.6 is 0 Å². The molecule has 6 nitrogen and oxygen atoms in total. The van der Waals surface area contributed by atoms with Gasteiger partial charge < -0.3 is 21.1 Å². The van der Waals surface area contributed by atoms with E-state index >= 15 is 0 Å². The zero-order valence-corrected chi connectivity index (χ0v) is 11.8. The van der Waals surface area contributed by atoms with Crippen LogP contribution in [0.3, 0.4) is 0 Å². The standard InChI is InChI=1S/C14H21N3O3/c1-10(2)20-9-11-3-5-12(6-4-11)17-14(19)8-16-13(18)7-15/h3-6,10H,7-9,15H2,1-2H3,(H,16,18)(H,17,19). The number of hydrogen-bond donors (Lipinski definition) is 3. The maximum Gasteiger partial charge on any atom is 0.243 e. The summed E-state index contributed by atoms with van der Waals surface area (Å²) in [7, 11) is 0. The minimum absolute atomic E-state index is 0.0890. The first kappa shape index (κ1) is 16.1. The zero-order valence-electron chi connectivity index (χ0n) is 11.8. The van der Waals surface area contributed by atoms with Gasteiger partial charge in [-0.05, 0) is 31.5 Å². The van der Waals surface area contributed by atoms with Crippen LogP contribution in [0.4, 0.5) is 5.69 Å². The van der Waals surface area contributed by atoms with Crippen molar-refractivity contribution in [3.8, 4) is 0 Å². The summed E-state index contributed by atoms with van der Waals surface area (Å²) in [4.78, 5) is 22.5. The number of benzene rings is 1. The molecule has 0 unspecified atom stereocenters. The molecule has 0 spiro atoms. The fourth-order valence-corrected chi connectivity index (χ4v) is 1.40. The lowest BCUT2D eigenvalue weighted by atomic mass is 10.2. The SMILES string of the molecule is CC(C)OCc1ccc(NC(=O)CNC(=O)CN)cc1. The van der Waals surface area contributed by atoms with Gasteiger partial charge in [0.2, 0.25) is 11.8 Å². The largest absolute Gasteiger partial charge is 0.374 e. The highest BCUT2D eigenvalue weighted by molar-refractivity contribution is 5.94. The van der Waals surface area contributed by atoms with Crippen LogP contribution in [0.5, 0.6) is 0 Å². The van der Waals surface area contributed by atoms with Crippen LogP contribution in [-0.2, 0) is 20.9 Å². The summed E-state index contributed by atoms with van der Waals surface area (Å²) in [5.41, 5.74) is 6.83. The van der Waals surface area contributed by atoms with E-state index in [1.54, 1.807) is 12.1 Å². The Labute approximate surface area is 118 Å². The van der Waals surface area contributed by atoms with Crippen LogP contribution in [0.2, 0.25) is 0 Å². The van der Waals surface area contributed by atoms with E-state index in [0.717, 1.165) is 5.56 Å². The number of amides is 2. The molecule has 0 aliphatic rings. The lowest BCUT2D eigenvalue weighted by molar-refractivity contribution is -0.123. The zero-order chi connectivity index (χ0) is 15.0. The van der Waals surface area contributed by atoms with E-state index in [2.05, 4.69) is 10.6 Å². The van der Waals surface area contributed by atoms with Crippen molar-refractivity contribution in [1.82, 2.24) is 5.32 Å². The predicted octanol–water partition coefficient (Wildman–Crippen LogP) is 0.625. The molecule has 1 aromatic rings. The van der Waals surface area contributed by atoms with Gasteiger partial charge >= 0.3 is 0 Å². The molecule has 0 atom stereocenters. The number of nitrogens with two attached hydrogens (primary N) is 1.